The molecule has 0 aliphatic carbocycles. The van der Waals surface area contributed by atoms with Crippen molar-refractivity contribution in [2.24, 2.45) is 0 Å². The fraction of sp³-hybridized carbons (Fsp3) is 0.250. The molecule has 1 heterocycles. The Bertz CT molecular complexity index is 554. The van der Waals surface area contributed by atoms with E-state index >= 15 is 0 Å². The molecular formula is C12H13BrN2O3. The van der Waals surface area contributed by atoms with Crippen LogP contribution in [0.3, 0.4) is 0 Å². The maximum atomic E-state index is 9.97. The molecule has 0 saturated carbocycles. The highest BCUT2D eigenvalue weighted by molar-refractivity contribution is 9.10. The highest BCUT2D eigenvalue weighted by Crippen LogP contribution is 2.33. The zero-order chi connectivity index (χ0) is 13.1. The average molecular weight is 313 g/mol. The van der Waals surface area contributed by atoms with Crippen LogP contribution in [-0.4, -0.2) is 17.4 Å². The van der Waals surface area contributed by atoms with Crippen molar-refractivity contribution in [3.8, 4) is 11.5 Å². The van der Waals surface area contributed by atoms with Gasteiger partial charge in [0.05, 0.1) is 7.11 Å². The summed E-state index contributed by atoms with van der Waals surface area (Å²) in [6.45, 7) is 2.24. The molecule has 1 aromatic heterocycles. The molecule has 0 bridgehead atoms. The van der Waals surface area contributed by atoms with Gasteiger partial charge in [-0.25, -0.2) is 0 Å². The van der Waals surface area contributed by atoms with E-state index in [0.29, 0.717) is 23.7 Å². The van der Waals surface area contributed by atoms with E-state index in [1.165, 1.54) is 7.11 Å². The van der Waals surface area contributed by atoms with E-state index in [-0.39, 0.29) is 5.75 Å². The fourth-order valence-corrected chi connectivity index (χ4v) is 2.04. The molecule has 2 rings (SSSR count). The SMILES string of the molecule is COc1cc(Br)cc(CNc2cc(C)on2)c1O. The van der Waals surface area contributed by atoms with Crippen LogP contribution in [0.2, 0.25) is 0 Å². The van der Waals surface area contributed by atoms with Crippen molar-refractivity contribution in [2.75, 3.05) is 12.4 Å². The first-order valence-electron chi connectivity index (χ1n) is 5.32. The molecule has 0 aliphatic heterocycles. The molecule has 0 spiro atoms. The number of aromatic hydroxyl groups is 1. The van der Waals surface area contributed by atoms with Gasteiger partial charge in [-0.2, -0.15) is 0 Å². The minimum absolute atomic E-state index is 0.119. The molecule has 0 aliphatic rings. The van der Waals surface area contributed by atoms with Crippen molar-refractivity contribution >= 4 is 21.7 Å². The monoisotopic (exact) mass is 312 g/mol. The van der Waals surface area contributed by atoms with Gasteiger partial charge in [0.2, 0.25) is 0 Å². The Labute approximate surface area is 113 Å². The molecule has 0 saturated heterocycles. The molecule has 6 heteroatoms. The number of nitrogens with one attached hydrogen (secondary N) is 1. The Balaban J connectivity index is 2.16. The van der Waals surface area contributed by atoms with Crippen LogP contribution < -0.4 is 10.1 Å². The number of anilines is 1. The van der Waals surface area contributed by atoms with Gasteiger partial charge in [-0.15, -0.1) is 0 Å². The standard InChI is InChI=1S/C12H13BrN2O3/c1-7-3-11(15-18-7)14-6-8-4-9(13)5-10(17-2)12(8)16/h3-5,16H,6H2,1-2H3,(H,14,15). The van der Waals surface area contributed by atoms with Gasteiger partial charge < -0.3 is 19.7 Å². The lowest BCUT2D eigenvalue weighted by Gasteiger charge is -2.10. The molecule has 96 valence electrons. The van der Waals surface area contributed by atoms with E-state index in [2.05, 4.69) is 26.4 Å². The van der Waals surface area contributed by atoms with Crippen molar-refractivity contribution in [1.82, 2.24) is 5.16 Å². The molecule has 2 aromatic rings. The zero-order valence-corrected chi connectivity index (χ0v) is 11.6. The molecular weight excluding hydrogens is 300 g/mol. The topological polar surface area (TPSA) is 67.5 Å². The predicted molar refractivity (Wildman–Crippen MR) is 70.9 cm³/mol. The van der Waals surface area contributed by atoms with Crippen molar-refractivity contribution < 1.29 is 14.4 Å². The Morgan fingerprint density at radius 3 is 2.83 bits per heavy atom. The van der Waals surface area contributed by atoms with Crippen molar-refractivity contribution in [3.05, 3.63) is 34.0 Å². The Hall–Kier alpha value is -1.69. The van der Waals surface area contributed by atoms with Crippen molar-refractivity contribution in [1.29, 1.82) is 0 Å². The van der Waals surface area contributed by atoms with E-state index in [1.54, 1.807) is 12.1 Å². The third-order valence-corrected chi connectivity index (χ3v) is 2.88. The van der Waals surface area contributed by atoms with E-state index in [0.717, 1.165) is 10.2 Å². The smallest absolute Gasteiger partial charge is 0.169 e. The summed E-state index contributed by atoms with van der Waals surface area (Å²) in [5.41, 5.74) is 0.710. The van der Waals surface area contributed by atoms with Gasteiger partial charge in [0, 0.05) is 22.6 Å². The maximum absolute atomic E-state index is 9.97. The minimum atomic E-state index is 0.119. The number of halogens is 1. The largest absolute Gasteiger partial charge is 0.504 e. The number of nitrogens with zero attached hydrogens (tertiary/aromatic N) is 1. The summed E-state index contributed by atoms with van der Waals surface area (Å²) in [6, 6.07) is 5.31. The van der Waals surface area contributed by atoms with Gasteiger partial charge in [-0.05, 0) is 19.1 Å². The zero-order valence-electron chi connectivity index (χ0n) is 10.0. The van der Waals surface area contributed by atoms with Crippen LogP contribution in [0.25, 0.3) is 0 Å². The van der Waals surface area contributed by atoms with Crippen LogP contribution in [-0.2, 0) is 6.54 Å². The van der Waals surface area contributed by atoms with Gasteiger partial charge in [0.25, 0.3) is 0 Å². The van der Waals surface area contributed by atoms with E-state index in [4.69, 9.17) is 9.26 Å². The normalized spacial score (nSPS) is 10.4. The summed E-state index contributed by atoms with van der Waals surface area (Å²) < 4.78 is 10.9. The first-order chi connectivity index (χ1) is 8.60. The molecule has 18 heavy (non-hydrogen) atoms. The Kier molecular flexibility index (Phi) is 3.76. The molecule has 5 nitrogen and oxygen atoms in total. The maximum Gasteiger partial charge on any atom is 0.169 e. The number of hydrogen-bond donors (Lipinski definition) is 2. The first-order valence-corrected chi connectivity index (χ1v) is 6.12. The van der Waals surface area contributed by atoms with Crippen LogP contribution >= 0.6 is 15.9 Å². The van der Waals surface area contributed by atoms with Crippen LogP contribution in [0.4, 0.5) is 5.82 Å². The Morgan fingerprint density at radius 2 is 2.22 bits per heavy atom. The van der Waals surface area contributed by atoms with Crippen molar-refractivity contribution in [3.63, 3.8) is 0 Å². The first kappa shape index (κ1) is 12.8. The quantitative estimate of drug-likeness (QED) is 0.908. The molecule has 0 radical (unpaired) electrons. The third kappa shape index (κ3) is 2.76. The molecule has 2 N–H and O–H groups in total. The molecule has 0 amide bonds. The van der Waals surface area contributed by atoms with Gasteiger partial charge in [-0.1, -0.05) is 21.1 Å². The summed E-state index contributed by atoms with van der Waals surface area (Å²) >= 11 is 3.37. The van der Waals surface area contributed by atoms with Crippen molar-refractivity contribution in [2.45, 2.75) is 13.5 Å². The highest BCUT2D eigenvalue weighted by Gasteiger charge is 2.10. The second-order valence-electron chi connectivity index (χ2n) is 3.79. The van der Waals surface area contributed by atoms with Crippen LogP contribution in [0.5, 0.6) is 11.5 Å². The molecule has 0 fully saturated rings. The summed E-state index contributed by atoms with van der Waals surface area (Å²) in [6.07, 6.45) is 0. The fourth-order valence-electron chi connectivity index (χ4n) is 1.55. The van der Waals surface area contributed by atoms with Crippen LogP contribution in [0.15, 0.2) is 27.2 Å². The Morgan fingerprint density at radius 1 is 1.44 bits per heavy atom. The lowest BCUT2D eigenvalue weighted by Crippen LogP contribution is -2.00. The number of rotatable bonds is 4. The van der Waals surface area contributed by atoms with Gasteiger partial charge in [0.1, 0.15) is 5.76 Å². The molecule has 0 unspecified atom stereocenters. The third-order valence-electron chi connectivity index (χ3n) is 2.43. The van der Waals surface area contributed by atoms with Gasteiger partial charge >= 0.3 is 0 Å². The van der Waals surface area contributed by atoms with E-state index < -0.39 is 0 Å². The van der Waals surface area contributed by atoms with E-state index in [9.17, 15) is 5.11 Å². The second kappa shape index (κ2) is 5.30. The number of phenols is 1. The summed E-state index contributed by atoms with van der Waals surface area (Å²) in [5.74, 6) is 1.91. The van der Waals surface area contributed by atoms with Crippen LogP contribution in [0.1, 0.15) is 11.3 Å². The lowest BCUT2D eigenvalue weighted by atomic mass is 10.2. The number of aromatic nitrogens is 1. The minimum Gasteiger partial charge on any atom is -0.504 e. The van der Waals surface area contributed by atoms with E-state index in [1.807, 2.05) is 13.0 Å². The van der Waals surface area contributed by atoms with Gasteiger partial charge in [-0.3, -0.25) is 0 Å². The second-order valence-corrected chi connectivity index (χ2v) is 4.71. The molecule has 1 aromatic carbocycles. The summed E-state index contributed by atoms with van der Waals surface area (Å²) in [5, 5.41) is 16.8. The lowest BCUT2D eigenvalue weighted by molar-refractivity contribution is 0.370. The molecule has 0 atom stereocenters. The predicted octanol–water partition coefficient (Wildman–Crippen LogP) is 3.07. The highest BCUT2D eigenvalue weighted by atomic mass is 79.9. The number of aryl methyl sites for hydroxylation is 1. The summed E-state index contributed by atoms with van der Waals surface area (Å²) in [7, 11) is 1.51. The number of hydrogen-bond acceptors (Lipinski definition) is 5. The van der Waals surface area contributed by atoms with Gasteiger partial charge in [0.15, 0.2) is 17.3 Å². The number of benzene rings is 1. The summed E-state index contributed by atoms with van der Waals surface area (Å²) in [4.78, 5) is 0. The number of methoxy groups -OCH3 is 1. The van der Waals surface area contributed by atoms with Crippen LogP contribution in [0, 0.1) is 6.92 Å². The number of phenolic OH excluding ortho intramolecular Hbond substituents is 1. The average Bonchev–Trinajstić information content (AvgIpc) is 2.75. The number of ether oxygens (including phenoxy) is 1.